The average molecular weight is 423 g/mol. The quantitative estimate of drug-likeness (QED) is 0.486. The van der Waals surface area contributed by atoms with Gasteiger partial charge in [0.25, 0.3) is 0 Å². The number of aromatic hydroxyl groups is 1. The summed E-state index contributed by atoms with van der Waals surface area (Å²) < 4.78 is 11.3. The third-order valence-corrected chi connectivity index (χ3v) is 6.22. The van der Waals surface area contributed by atoms with Crippen LogP contribution in [0.1, 0.15) is 34.7 Å². The van der Waals surface area contributed by atoms with Crippen LogP contribution in [0.4, 0.5) is 5.69 Å². The molecular formula is C21H17N3O5S. The standard InChI is InChI=1S/C21H17N3O5S/c1-28-20-16(25)9-8-13(19(20)24(26)27)21-23-15(12-5-2-3-6-17(12)29-21)11-14(22-23)18-7-4-10-30-18/h2-10,15,21,25H,11H2,1H3/t15-,21-/m1/s1. The van der Waals surface area contributed by atoms with Gasteiger partial charge in [-0.25, -0.2) is 5.01 Å². The Kier molecular flexibility index (Phi) is 4.32. The fraction of sp³-hybridized carbons (Fsp3) is 0.190. The number of hydrogen-bond acceptors (Lipinski definition) is 8. The normalized spacial score (nSPS) is 19.5. The molecule has 0 aliphatic carbocycles. The molecule has 9 heteroatoms. The van der Waals surface area contributed by atoms with Crippen molar-refractivity contribution in [2.75, 3.05) is 7.11 Å². The Bertz CT molecular complexity index is 1160. The number of hydrazone groups is 1. The highest BCUT2D eigenvalue weighted by Crippen LogP contribution is 2.51. The predicted molar refractivity (Wildman–Crippen MR) is 111 cm³/mol. The molecular weight excluding hydrogens is 406 g/mol. The highest BCUT2D eigenvalue weighted by atomic mass is 32.1. The number of ether oxygens (including phenoxy) is 2. The number of thiophene rings is 1. The van der Waals surface area contributed by atoms with Crippen LogP contribution < -0.4 is 9.47 Å². The van der Waals surface area contributed by atoms with Gasteiger partial charge in [0.2, 0.25) is 12.0 Å². The summed E-state index contributed by atoms with van der Waals surface area (Å²) in [5.41, 5.74) is 1.83. The lowest BCUT2D eigenvalue weighted by atomic mass is 9.97. The van der Waals surface area contributed by atoms with E-state index in [1.165, 1.54) is 19.2 Å². The maximum Gasteiger partial charge on any atom is 0.323 e. The smallest absolute Gasteiger partial charge is 0.323 e. The van der Waals surface area contributed by atoms with E-state index in [4.69, 9.17) is 14.6 Å². The molecule has 2 aromatic carbocycles. The van der Waals surface area contributed by atoms with Crippen LogP contribution in [0.3, 0.4) is 0 Å². The van der Waals surface area contributed by atoms with Gasteiger partial charge in [-0.1, -0.05) is 24.3 Å². The number of phenols is 1. The Labute approximate surface area is 175 Å². The van der Waals surface area contributed by atoms with Crippen LogP contribution in [0, 0.1) is 10.1 Å². The monoisotopic (exact) mass is 423 g/mol. The van der Waals surface area contributed by atoms with Crippen molar-refractivity contribution in [1.82, 2.24) is 5.01 Å². The highest BCUT2D eigenvalue weighted by molar-refractivity contribution is 7.12. The van der Waals surface area contributed by atoms with Crippen molar-refractivity contribution in [3.05, 3.63) is 80.0 Å². The number of benzene rings is 2. The number of nitro benzene ring substituents is 1. The number of fused-ring (bicyclic) bond motifs is 3. The Morgan fingerprint density at radius 2 is 2.07 bits per heavy atom. The maximum absolute atomic E-state index is 11.9. The van der Waals surface area contributed by atoms with Gasteiger partial charge in [-0.2, -0.15) is 5.10 Å². The number of methoxy groups -OCH3 is 1. The zero-order valence-electron chi connectivity index (χ0n) is 15.9. The summed E-state index contributed by atoms with van der Waals surface area (Å²) >= 11 is 1.60. The number of para-hydroxylation sites is 1. The second-order valence-electron chi connectivity index (χ2n) is 6.94. The number of hydrogen-bond donors (Lipinski definition) is 1. The van der Waals surface area contributed by atoms with Gasteiger partial charge < -0.3 is 14.6 Å². The molecule has 30 heavy (non-hydrogen) atoms. The number of nitro groups is 1. The fourth-order valence-electron chi connectivity index (χ4n) is 4.00. The van der Waals surface area contributed by atoms with Gasteiger partial charge in [0.15, 0.2) is 5.75 Å². The molecule has 0 saturated heterocycles. The van der Waals surface area contributed by atoms with Crippen LogP contribution in [0.5, 0.6) is 17.2 Å². The minimum atomic E-state index is -0.836. The van der Waals surface area contributed by atoms with Gasteiger partial charge in [0.1, 0.15) is 5.75 Å². The topological polar surface area (TPSA) is 97.4 Å². The van der Waals surface area contributed by atoms with Crippen LogP contribution in [-0.2, 0) is 0 Å². The predicted octanol–water partition coefficient (Wildman–Crippen LogP) is 4.61. The molecule has 1 N–H and O–H groups in total. The average Bonchev–Trinajstić information content (AvgIpc) is 3.43. The summed E-state index contributed by atoms with van der Waals surface area (Å²) in [5, 5.41) is 30.5. The van der Waals surface area contributed by atoms with Crippen LogP contribution in [0.2, 0.25) is 0 Å². The molecule has 0 unspecified atom stereocenters. The summed E-state index contributed by atoms with van der Waals surface area (Å²) in [5.74, 6) is 0.163. The van der Waals surface area contributed by atoms with Gasteiger partial charge in [0, 0.05) is 12.0 Å². The molecule has 2 aliphatic rings. The second-order valence-corrected chi connectivity index (χ2v) is 7.89. The van der Waals surface area contributed by atoms with E-state index in [0.717, 1.165) is 16.2 Å². The molecule has 5 rings (SSSR count). The fourth-order valence-corrected chi connectivity index (χ4v) is 4.72. The third-order valence-electron chi connectivity index (χ3n) is 5.30. The highest BCUT2D eigenvalue weighted by Gasteiger charge is 2.44. The van der Waals surface area contributed by atoms with Gasteiger partial charge in [-0.3, -0.25) is 10.1 Å². The van der Waals surface area contributed by atoms with Gasteiger partial charge >= 0.3 is 5.69 Å². The van der Waals surface area contributed by atoms with E-state index >= 15 is 0 Å². The van der Waals surface area contributed by atoms with Crippen molar-refractivity contribution < 1.29 is 19.5 Å². The molecule has 0 spiro atoms. The lowest BCUT2D eigenvalue weighted by molar-refractivity contribution is -0.387. The van der Waals surface area contributed by atoms with E-state index in [-0.39, 0.29) is 28.8 Å². The summed E-state index contributed by atoms with van der Waals surface area (Å²) in [7, 11) is 1.29. The van der Waals surface area contributed by atoms with E-state index in [9.17, 15) is 15.2 Å². The van der Waals surface area contributed by atoms with Crippen molar-refractivity contribution in [2.24, 2.45) is 5.10 Å². The molecule has 2 aliphatic heterocycles. The lowest BCUT2D eigenvalue weighted by Crippen LogP contribution is -2.34. The molecule has 152 valence electrons. The van der Waals surface area contributed by atoms with Gasteiger partial charge in [-0.05, 0) is 29.6 Å². The summed E-state index contributed by atoms with van der Waals surface area (Å²) in [6.45, 7) is 0. The van der Waals surface area contributed by atoms with E-state index < -0.39 is 11.2 Å². The SMILES string of the molecule is COc1c(O)ccc([C@H]2Oc3ccccc3[C@H]3CC(c4cccs4)=NN32)c1[N+](=O)[O-]. The first kappa shape index (κ1) is 18.4. The number of rotatable bonds is 4. The van der Waals surface area contributed by atoms with Crippen molar-refractivity contribution in [3.63, 3.8) is 0 Å². The Hall–Kier alpha value is -3.59. The molecule has 0 fully saturated rings. The van der Waals surface area contributed by atoms with Gasteiger partial charge in [0.05, 0.1) is 34.2 Å². The molecule has 0 bridgehead atoms. The summed E-state index contributed by atoms with van der Waals surface area (Å²) in [6, 6.07) is 14.4. The first-order valence-corrected chi connectivity index (χ1v) is 10.2. The first-order chi connectivity index (χ1) is 14.6. The van der Waals surface area contributed by atoms with Crippen LogP contribution >= 0.6 is 11.3 Å². The second kappa shape index (κ2) is 7.03. The number of nitrogens with zero attached hydrogens (tertiary/aromatic N) is 3. The maximum atomic E-state index is 11.9. The Balaban J connectivity index is 1.68. The van der Waals surface area contributed by atoms with Crippen molar-refractivity contribution in [3.8, 4) is 17.2 Å². The summed E-state index contributed by atoms with van der Waals surface area (Å²) in [6.07, 6.45) is -0.169. The molecule has 0 saturated carbocycles. The molecule has 3 heterocycles. The van der Waals surface area contributed by atoms with Crippen LogP contribution in [-0.4, -0.2) is 27.9 Å². The van der Waals surface area contributed by atoms with Crippen molar-refractivity contribution in [2.45, 2.75) is 18.7 Å². The van der Waals surface area contributed by atoms with E-state index in [0.29, 0.717) is 12.2 Å². The Morgan fingerprint density at radius 1 is 1.23 bits per heavy atom. The third kappa shape index (κ3) is 2.78. The first-order valence-electron chi connectivity index (χ1n) is 9.28. The largest absolute Gasteiger partial charge is 0.504 e. The molecule has 0 amide bonds. The zero-order chi connectivity index (χ0) is 20.8. The summed E-state index contributed by atoms with van der Waals surface area (Å²) in [4.78, 5) is 12.4. The van der Waals surface area contributed by atoms with Crippen LogP contribution in [0.25, 0.3) is 0 Å². The van der Waals surface area contributed by atoms with E-state index in [1.807, 2.05) is 41.8 Å². The minimum absolute atomic E-state index is 0.114. The molecule has 3 aromatic rings. The Morgan fingerprint density at radius 3 is 2.80 bits per heavy atom. The van der Waals surface area contributed by atoms with Gasteiger partial charge in [-0.15, -0.1) is 11.3 Å². The zero-order valence-corrected chi connectivity index (χ0v) is 16.7. The molecule has 2 atom stereocenters. The van der Waals surface area contributed by atoms with Crippen LogP contribution in [0.15, 0.2) is 59.0 Å². The van der Waals surface area contributed by atoms with Crippen molar-refractivity contribution in [1.29, 1.82) is 0 Å². The molecule has 8 nitrogen and oxygen atoms in total. The lowest BCUT2D eigenvalue weighted by Gasteiger charge is -2.38. The minimum Gasteiger partial charge on any atom is -0.504 e. The number of phenolic OH excluding ortho intramolecular Hbond substituents is 1. The molecule has 1 aromatic heterocycles. The van der Waals surface area contributed by atoms with Crippen molar-refractivity contribution >= 4 is 22.7 Å². The molecule has 0 radical (unpaired) electrons. The van der Waals surface area contributed by atoms with E-state index in [1.54, 1.807) is 16.3 Å². The van der Waals surface area contributed by atoms with E-state index in [2.05, 4.69) is 0 Å².